The number of carbonyl (C=O) groups excluding carboxylic acids is 3. The van der Waals surface area contributed by atoms with Crippen LogP contribution in [0, 0.1) is 5.92 Å². The molecular formula is C25H18O5. The van der Waals surface area contributed by atoms with Crippen LogP contribution in [0.2, 0.25) is 0 Å². The number of benzene rings is 3. The van der Waals surface area contributed by atoms with Crippen LogP contribution in [-0.2, 0) is 19.1 Å². The van der Waals surface area contributed by atoms with E-state index < -0.39 is 36.9 Å². The molecule has 0 spiro atoms. The Bertz CT molecular complexity index is 1340. The Morgan fingerprint density at radius 1 is 0.800 bits per heavy atom. The smallest absolute Gasteiger partial charge is 0.339 e. The maximum Gasteiger partial charge on any atom is 0.339 e. The normalized spacial score (nSPS) is 18.9. The SMILES string of the molecule is O=C1COC(=O)c2ccc3ccccc3c2C2=c3ccccc3=CCC2C(=O)OC1. The first-order chi connectivity index (χ1) is 14.6. The lowest BCUT2D eigenvalue weighted by Crippen LogP contribution is -2.37. The Morgan fingerprint density at radius 3 is 2.47 bits per heavy atom. The maximum absolute atomic E-state index is 13.0. The lowest BCUT2D eigenvalue weighted by Gasteiger charge is -2.24. The van der Waals surface area contributed by atoms with Crippen molar-refractivity contribution in [1.29, 1.82) is 0 Å². The third-order valence-electron chi connectivity index (χ3n) is 5.62. The van der Waals surface area contributed by atoms with Gasteiger partial charge in [0.2, 0.25) is 5.78 Å². The fraction of sp³-hybridized carbons (Fsp3) is 0.160. The minimum absolute atomic E-state index is 0.341. The van der Waals surface area contributed by atoms with Crippen LogP contribution in [0.1, 0.15) is 22.3 Å². The van der Waals surface area contributed by atoms with Crippen LogP contribution in [0.3, 0.4) is 0 Å². The van der Waals surface area contributed by atoms with Crippen LogP contribution in [0.25, 0.3) is 22.4 Å². The van der Waals surface area contributed by atoms with Crippen molar-refractivity contribution in [2.45, 2.75) is 6.42 Å². The molecule has 1 unspecified atom stereocenters. The van der Waals surface area contributed by atoms with E-state index in [-0.39, 0.29) is 0 Å². The summed E-state index contributed by atoms with van der Waals surface area (Å²) in [6, 6.07) is 19.1. The van der Waals surface area contributed by atoms with Crippen molar-refractivity contribution >= 4 is 40.1 Å². The van der Waals surface area contributed by atoms with Crippen LogP contribution in [0.5, 0.6) is 0 Å². The average molecular weight is 398 g/mol. The molecule has 5 nitrogen and oxygen atoms in total. The quantitative estimate of drug-likeness (QED) is 0.543. The van der Waals surface area contributed by atoms with E-state index in [9.17, 15) is 14.4 Å². The number of ketones is 1. The van der Waals surface area contributed by atoms with Gasteiger partial charge in [-0.25, -0.2) is 4.79 Å². The Morgan fingerprint density at radius 2 is 1.57 bits per heavy atom. The molecule has 5 rings (SSSR count). The number of ether oxygens (including phenoxy) is 2. The van der Waals surface area contributed by atoms with Crippen LogP contribution in [0.15, 0.2) is 60.7 Å². The molecule has 1 aliphatic heterocycles. The van der Waals surface area contributed by atoms with Gasteiger partial charge in [0.15, 0.2) is 13.2 Å². The predicted molar refractivity (Wildman–Crippen MR) is 111 cm³/mol. The summed E-state index contributed by atoms with van der Waals surface area (Å²) in [6.07, 6.45) is 2.42. The first kappa shape index (κ1) is 18.3. The highest BCUT2D eigenvalue weighted by Crippen LogP contribution is 2.35. The third-order valence-corrected chi connectivity index (χ3v) is 5.62. The second-order valence-corrected chi connectivity index (χ2v) is 7.43. The Labute approximate surface area is 172 Å². The van der Waals surface area contributed by atoms with Crippen molar-refractivity contribution in [3.63, 3.8) is 0 Å². The van der Waals surface area contributed by atoms with E-state index in [1.54, 1.807) is 6.07 Å². The first-order valence-electron chi connectivity index (χ1n) is 9.80. The molecule has 0 saturated carbocycles. The highest BCUT2D eigenvalue weighted by atomic mass is 16.6. The molecule has 3 aromatic rings. The van der Waals surface area contributed by atoms with Gasteiger partial charge in [0.25, 0.3) is 0 Å². The van der Waals surface area contributed by atoms with E-state index in [2.05, 4.69) is 0 Å². The Hall–Kier alpha value is -3.73. The minimum atomic E-state index is -0.622. The van der Waals surface area contributed by atoms with Gasteiger partial charge < -0.3 is 9.47 Å². The van der Waals surface area contributed by atoms with E-state index in [0.29, 0.717) is 17.5 Å². The third kappa shape index (κ3) is 2.99. The summed E-state index contributed by atoms with van der Waals surface area (Å²) in [5, 5.41) is 3.67. The van der Waals surface area contributed by atoms with Gasteiger partial charge in [0.05, 0.1) is 11.5 Å². The molecule has 0 amide bonds. The van der Waals surface area contributed by atoms with Gasteiger partial charge in [-0.1, -0.05) is 60.7 Å². The number of hydrogen-bond acceptors (Lipinski definition) is 5. The van der Waals surface area contributed by atoms with Gasteiger partial charge in [-0.3, -0.25) is 9.59 Å². The molecule has 148 valence electrons. The number of cyclic esters (lactones) is 2. The second-order valence-electron chi connectivity index (χ2n) is 7.43. The van der Waals surface area contributed by atoms with Crippen LogP contribution in [0.4, 0.5) is 0 Å². The second kappa shape index (κ2) is 7.26. The van der Waals surface area contributed by atoms with Crippen molar-refractivity contribution in [1.82, 2.24) is 0 Å². The number of rotatable bonds is 0. The largest absolute Gasteiger partial charge is 0.457 e. The highest BCUT2D eigenvalue weighted by molar-refractivity contribution is 6.08. The zero-order chi connectivity index (χ0) is 20.7. The molecular weight excluding hydrogens is 380 g/mol. The van der Waals surface area contributed by atoms with E-state index in [1.165, 1.54) is 0 Å². The summed E-state index contributed by atoms with van der Waals surface area (Å²) >= 11 is 0. The molecule has 0 N–H and O–H groups in total. The zero-order valence-electron chi connectivity index (χ0n) is 16.1. The van der Waals surface area contributed by atoms with Crippen LogP contribution in [-0.4, -0.2) is 30.9 Å². The van der Waals surface area contributed by atoms with Gasteiger partial charge >= 0.3 is 11.9 Å². The van der Waals surface area contributed by atoms with E-state index in [0.717, 1.165) is 26.8 Å². The molecule has 0 aromatic heterocycles. The maximum atomic E-state index is 13.0. The molecule has 1 heterocycles. The van der Waals surface area contributed by atoms with Crippen molar-refractivity contribution in [2.24, 2.45) is 5.92 Å². The number of hydrogen-bond donors (Lipinski definition) is 0. The monoisotopic (exact) mass is 398 g/mol. The molecule has 5 heteroatoms. The molecule has 3 aromatic carbocycles. The Balaban J connectivity index is 1.93. The number of esters is 2. The average Bonchev–Trinajstić information content (AvgIpc) is 2.80. The van der Waals surface area contributed by atoms with Gasteiger partial charge in [-0.15, -0.1) is 0 Å². The van der Waals surface area contributed by atoms with E-state index in [4.69, 9.17) is 9.47 Å². The van der Waals surface area contributed by atoms with Crippen molar-refractivity contribution in [3.8, 4) is 0 Å². The number of Topliss-reactive ketones (excluding diaryl/α,β-unsaturated/α-hetero) is 1. The van der Waals surface area contributed by atoms with Gasteiger partial charge in [0, 0.05) is 5.56 Å². The molecule has 0 bridgehead atoms. The molecule has 2 aliphatic rings. The van der Waals surface area contributed by atoms with Crippen molar-refractivity contribution in [3.05, 3.63) is 82.2 Å². The Kier molecular flexibility index (Phi) is 4.43. The fourth-order valence-corrected chi connectivity index (χ4v) is 4.24. The lowest BCUT2D eigenvalue weighted by molar-refractivity contribution is -0.150. The lowest BCUT2D eigenvalue weighted by atomic mass is 9.80. The summed E-state index contributed by atoms with van der Waals surface area (Å²) in [5.74, 6) is -2.14. The molecule has 1 aliphatic carbocycles. The molecule has 30 heavy (non-hydrogen) atoms. The zero-order valence-corrected chi connectivity index (χ0v) is 16.1. The van der Waals surface area contributed by atoms with E-state index >= 15 is 0 Å². The standard InChI is InChI=1S/C25H18O5/c26-17-13-29-24(27)20-11-9-15-5-1-3-7-18(15)22(20)23-19-8-4-2-6-16(19)10-12-21(23)25(28)30-14-17/h1-11,21H,12-14H2. The van der Waals surface area contributed by atoms with Crippen LogP contribution >= 0.6 is 0 Å². The molecule has 1 atom stereocenters. The molecule has 0 fully saturated rings. The van der Waals surface area contributed by atoms with Gasteiger partial charge in [-0.2, -0.15) is 0 Å². The van der Waals surface area contributed by atoms with Gasteiger partial charge in [-0.05, 0) is 39.3 Å². The van der Waals surface area contributed by atoms with Gasteiger partial charge in [0.1, 0.15) is 0 Å². The molecule has 0 saturated heterocycles. The van der Waals surface area contributed by atoms with Crippen molar-refractivity contribution in [2.75, 3.05) is 13.2 Å². The highest BCUT2D eigenvalue weighted by Gasteiger charge is 2.32. The predicted octanol–water partition coefficient (Wildman–Crippen LogP) is 2.12. The number of carbonyl (C=O) groups is 3. The number of fused-ring (bicyclic) bond motifs is 6. The van der Waals surface area contributed by atoms with Crippen molar-refractivity contribution < 1.29 is 23.9 Å². The summed E-state index contributed by atoms with van der Waals surface area (Å²) in [6.45, 7) is -0.838. The van der Waals surface area contributed by atoms with Crippen LogP contribution < -0.4 is 10.4 Å². The minimum Gasteiger partial charge on any atom is -0.457 e. The summed E-state index contributed by atoms with van der Waals surface area (Å²) < 4.78 is 10.6. The summed E-state index contributed by atoms with van der Waals surface area (Å²) in [4.78, 5) is 38.0. The summed E-state index contributed by atoms with van der Waals surface area (Å²) in [7, 11) is 0. The fourth-order valence-electron chi connectivity index (χ4n) is 4.24. The summed E-state index contributed by atoms with van der Waals surface area (Å²) in [5.41, 5.74) is 1.74. The first-order valence-corrected chi connectivity index (χ1v) is 9.80. The molecule has 0 radical (unpaired) electrons. The van der Waals surface area contributed by atoms with E-state index in [1.807, 2.05) is 60.7 Å². The topological polar surface area (TPSA) is 69.7 Å².